The molecule has 0 aromatic heterocycles. The summed E-state index contributed by atoms with van der Waals surface area (Å²) in [6.45, 7) is 1.77. The van der Waals surface area contributed by atoms with Crippen molar-refractivity contribution < 1.29 is 23.8 Å². The molecule has 0 aliphatic rings. The van der Waals surface area contributed by atoms with Crippen molar-refractivity contribution in [1.82, 2.24) is 5.43 Å². The summed E-state index contributed by atoms with van der Waals surface area (Å²) in [6, 6.07) is 19.4. The number of anilines is 1. The molecule has 0 aliphatic heterocycles. The van der Waals surface area contributed by atoms with Crippen LogP contribution < -0.4 is 25.0 Å². The van der Waals surface area contributed by atoms with Crippen LogP contribution in [0.1, 0.15) is 21.5 Å². The Hall–Kier alpha value is -4.33. The average molecular weight is 447 g/mol. The Morgan fingerprint density at radius 3 is 2.39 bits per heavy atom. The summed E-state index contributed by atoms with van der Waals surface area (Å²) in [5, 5.41) is 6.73. The highest BCUT2D eigenvalue weighted by Crippen LogP contribution is 2.23. The van der Waals surface area contributed by atoms with Gasteiger partial charge in [-0.05, 0) is 66.6 Å². The highest BCUT2D eigenvalue weighted by atomic mass is 16.5. The number of para-hydroxylation sites is 2. The molecule has 0 heterocycles. The van der Waals surface area contributed by atoms with Gasteiger partial charge in [0, 0.05) is 0 Å². The van der Waals surface area contributed by atoms with E-state index in [9.17, 15) is 9.59 Å². The van der Waals surface area contributed by atoms with E-state index in [0.717, 1.165) is 11.1 Å². The number of hydrogen-bond acceptors (Lipinski definition) is 6. The highest BCUT2D eigenvalue weighted by molar-refractivity contribution is 5.97. The zero-order valence-electron chi connectivity index (χ0n) is 18.6. The lowest BCUT2D eigenvalue weighted by molar-refractivity contribution is -0.118. The first-order valence-corrected chi connectivity index (χ1v) is 10.1. The third kappa shape index (κ3) is 6.57. The Kier molecular flexibility index (Phi) is 8.02. The maximum atomic E-state index is 12.3. The predicted molar refractivity (Wildman–Crippen MR) is 126 cm³/mol. The lowest BCUT2D eigenvalue weighted by atomic mass is 10.1. The number of carbonyl (C=O) groups is 2. The number of benzene rings is 3. The molecule has 0 atom stereocenters. The van der Waals surface area contributed by atoms with Crippen molar-refractivity contribution in [2.24, 2.45) is 5.10 Å². The number of aryl methyl sites for hydroxylation is 1. The number of hydrogen-bond donors (Lipinski definition) is 2. The first-order chi connectivity index (χ1) is 16.0. The Balaban J connectivity index is 1.50. The van der Waals surface area contributed by atoms with Crippen molar-refractivity contribution >= 4 is 23.7 Å². The number of carbonyl (C=O) groups excluding carboxylic acids is 2. The number of amides is 2. The van der Waals surface area contributed by atoms with E-state index in [0.29, 0.717) is 28.5 Å². The molecule has 3 aromatic rings. The maximum absolute atomic E-state index is 12.3. The summed E-state index contributed by atoms with van der Waals surface area (Å²) in [5.74, 6) is 0.903. The van der Waals surface area contributed by atoms with Crippen LogP contribution >= 0.6 is 0 Å². The molecule has 0 radical (unpaired) electrons. The van der Waals surface area contributed by atoms with Gasteiger partial charge in [0.15, 0.2) is 6.61 Å². The average Bonchev–Trinajstić information content (AvgIpc) is 2.83. The largest absolute Gasteiger partial charge is 0.496 e. The van der Waals surface area contributed by atoms with E-state index in [-0.39, 0.29) is 18.4 Å². The van der Waals surface area contributed by atoms with Gasteiger partial charge in [-0.25, -0.2) is 5.43 Å². The molecule has 170 valence electrons. The number of ether oxygens (including phenoxy) is 3. The minimum Gasteiger partial charge on any atom is -0.496 e. The number of methoxy groups -OCH3 is 2. The summed E-state index contributed by atoms with van der Waals surface area (Å²) >= 11 is 0. The second kappa shape index (κ2) is 11.3. The Labute approximate surface area is 192 Å². The van der Waals surface area contributed by atoms with Crippen LogP contribution in [0.15, 0.2) is 71.8 Å². The third-order valence-corrected chi connectivity index (χ3v) is 4.61. The number of nitrogens with one attached hydrogen (secondary N) is 2. The van der Waals surface area contributed by atoms with Gasteiger partial charge in [-0.3, -0.25) is 9.59 Å². The molecular formula is C25H25N3O5. The molecular weight excluding hydrogens is 422 g/mol. The zero-order valence-corrected chi connectivity index (χ0v) is 18.6. The van der Waals surface area contributed by atoms with Gasteiger partial charge in [-0.15, -0.1) is 0 Å². The fourth-order valence-corrected chi connectivity index (χ4v) is 2.94. The summed E-state index contributed by atoms with van der Waals surface area (Å²) < 4.78 is 16.0. The third-order valence-electron chi connectivity index (χ3n) is 4.61. The highest BCUT2D eigenvalue weighted by Gasteiger charge is 2.11. The van der Waals surface area contributed by atoms with E-state index in [1.165, 1.54) is 20.4 Å². The molecule has 0 fully saturated rings. The van der Waals surface area contributed by atoms with Crippen LogP contribution in [0.5, 0.6) is 17.2 Å². The normalized spacial score (nSPS) is 10.5. The van der Waals surface area contributed by atoms with Crippen LogP contribution in [0.25, 0.3) is 0 Å². The summed E-state index contributed by atoms with van der Waals surface area (Å²) in [4.78, 5) is 24.5. The van der Waals surface area contributed by atoms with Crippen LogP contribution in [0.2, 0.25) is 0 Å². The molecule has 0 saturated carbocycles. The zero-order chi connectivity index (χ0) is 23.6. The standard InChI is InChI=1S/C25H25N3O5/c1-17-8-13-20(23(14-17)32-3)25(30)28-26-15-18-9-11-19(12-10-18)33-16-24(29)27-21-6-4-5-7-22(21)31-2/h4-15H,16H2,1-3H3,(H,27,29)(H,28,30)/b26-15-. The Morgan fingerprint density at radius 2 is 1.67 bits per heavy atom. The van der Waals surface area contributed by atoms with Gasteiger partial charge in [0.1, 0.15) is 17.2 Å². The minimum atomic E-state index is -0.371. The van der Waals surface area contributed by atoms with Crippen LogP contribution in [-0.4, -0.2) is 38.9 Å². The molecule has 3 aromatic carbocycles. The molecule has 2 N–H and O–H groups in total. The summed E-state index contributed by atoms with van der Waals surface area (Å²) in [6.07, 6.45) is 1.51. The fourth-order valence-electron chi connectivity index (χ4n) is 2.94. The van der Waals surface area contributed by atoms with Gasteiger partial charge in [-0.1, -0.05) is 18.2 Å². The molecule has 0 saturated heterocycles. The Morgan fingerprint density at radius 1 is 0.939 bits per heavy atom. The molecule has 2 amide bonds. The lowest BCUT2D eigenvalue weighted by Gasteiger charge is -2.10. The van der Waals surface area contributed by atoms with Crippen LogP contribution in [0.4, 0.5) is 5.69 Å². The lowest BCUT2D eigenvalue weighted by Crippen LogP contribution is -2.20. The molecule has 0 bridgehead atoms. The second-order valence-corrected chi connectivity index (χ2v) is 7.01. The maximum Gasteiger partial charge on any atom is 0.275 e. The summed E-state index contributed by atoms with van der Waals surface area (Å²) in [5.41, 5.74) is 5.20. The minimum absolute atomic E-state index is 0.153. The van der Waals surface area contributed by atoms with E-state index in [4.69, 9.17) is 14.2 Å². The topological polar surface area (TPSA) is 98.3 Å². The van der Waals surface area contributed by atoms with Gasteiger partial charge in [0.05, 0.1) is 31.7 Å². The predicted octanol–water partition coefficient (Wildman–Crippen LogP) is 3.79. The van der Waals surface area contributed by atoms with Crippen molar-refractivity contribution in [2.45, 2.75) is 6.92 Å². The van der Waals surface area contributed by atoms with Gasteiger partial charge in [0.2, 0.25) is 0 Å². The van der Waals surface area contributed by atoms with E-state index >= 15 is 0 Å². The van der Waals surface area contributed by atoms with Gasteiger partial charge >= 0.3 is 0 Å². The molecule has 3 rings (SSSR count). The molecule has 0 aliphatic carbocycles. The number of hydrazone groups is 1. The molecule has 0 spiro atoms. The Bertz CT molecular complexity index is 1140. The quantitative estimate of drug-likeness (QED) is 0.384. The van der Waals surface area contributed by atoms with E-state index in [2.05, 4.69) is 15.8 Å². The molecule has 8 nitrogen and oxygen atoms in total. The monoisotopic (exact) mass is 447 g/mol. The van der Waals surface area contributed by atoms with Crippen molar-refractivity contribution in [3.05, 3.63) is 83.4 Å². The van der Waals surface area contributed by atoms with Crippen molar-refractivity contribution in [1.29, 1.82) is 0 Å². The SMILES string of the molecule is COc1ccccc1NC(=O)COc1ccc(/C=N\NC(=O)c2ccc(C)cc2OC)cc1. The van der Waals surface area contributed by atoms with E-state index < -0.39 is 0 Å². The molecule has 33 heavy (non-hydrogen) atoms. The van der Waals surface area contributed by atoms with Gasteiger partial charge < -0.3 is 19.5 Å². The van der Waals surface area contributed by atoms with Crippen molar-refractivity contribution in [2.75, 3.05) is 26.1 Å². The number of nitrogens with zero attached hydrogens (tertiary/aromatic N) is 1. The van der Waals surface area contributed by atoms with Crippen LogP contribution in [0, 0.1) is 6.92 Å². The first-order valence-electron chi connectivity index (χ1n) is 10.1. The van der Waals surface area contributed by atoms with Crippen molar-refractivity contribution in [3.63, 3.8) is 0 Å². The summed E-state index contributed by atoms with van der Waals surface area (Å²) in [7, 11) is 3.05. The van der Waals surface area contributed by atoms with Gasteiger partial charge in [-0.2, -0.15) is 5.10 Å². The second-order valence-electron chi connectivity index (χ2n) is 7.01. The van der Waals surface area contributed by atoms with Gasteiger partial charge in [0.25, 0.3) is 11.8 Å². The van der Waals surface area contributed by atoms with E-state index in [1.807, 2.05) is 19.1 Å². The van der Waals surface area contributed by atoms with Crippen LogP contribution in [0.3, 0.4) is 0 Å². The van der Waals surface area contributed by atoms with Crippen LogP contribution in [-0.2, 0) is 4.79 Å². The first kappa shape index (κ1) is 23.3. The molecule has 8 heteroatoms. The van der Waals surface area contributed by atoms with Crippen molar-refractivity contribution in [3.8, 4) is 17.2 Å². The fraction of sp³-hybridized carbons (Fsp3) is 0.160. The number of rotatable bonds is 9. The molecule has 0 unspecified atom stereocenters. The van der Waals surface area contributed by atoms with E-state index in [1.54, 1.807) is 54.6 Å². The smallest absolute Gasteiger partial charge is 0.275 e.